The second kappa shape index (κ2) is 6.78. The van der Waals surface area contributed by atoms with Crippen molar-refractivity contribution in [1.29, 1.82) is 0 Å². The van der Waals surface area contributed by atoms with Crippen LogP contribution in [0.5, 0.6) is 5.75 Å². The lowest BCUT2D eigenvalue weighted by Gasteiger charge is -2.08. The van der Waals surface area contributed by atoms with Gasteiger partial charge in [0, 0.05) is 18.2 Å². The average molecular weight is 295 g/mol. The van der Waals surface area contributed by atoms with Crippen LogP contribution in [-0.2, 0) is 11.3 Å². The first-order valence-corrected chi connectivity index (χ1v) is 6.14. The maximum absolute atomic E-state index is 13.3. The molecule has 0 saturated carbocycles. The summed E-state index contributed by atoms with van der Waals surface area (Å²) in [6, 6.07) is 9.00. The van der Waals surface area contributed by atoms with E-state index in [1.54, 1.807) is 18.2 Å². The van der Waals surface area contributed by atoms with Gasteiger partial charge in [0.25, 0.3) is 5.91 Å². The van der Waals surface area contributed by atoms with E-state index >= 15 is 0 Å². The van der Waals surface area contributed by atoms with Gasteiger partial charge in [0.1, 0.15) is 11.6 Å². The molecule has 0 spiro atoms. The van der Waals surface area contributed by atoms with Crippen LogP contribution >= 0.6 is 0 Å². The van der Waals surface area contributed by atoms with Gasteiger partial charge in [-0.3, -0.25) is 4.79 Å². The minimum absolute atomic E-state index is 0.0205. The van der Waals surface area contributed by atoms with Crippen molar-refractivity contribution in [2.75, 3.05) is 6.61 Å². The molecule has 1 N–H and O–H groups in total. The van der Waals surface area contributed by atoms with Gasteiger partial charge in [0.15, 0.2) is 18.2 Å². The summed E-state index contributed by atoms with van der Waals surface area (Å²) < 4.78 is 43.9. The van der Waals surface area contributed by atoms with Crippen LogP contribution in [0.4, 0.5) is 13.2 Å². The Balaban J connectivity index is 1.82. The molecule has 0 unspecified atom stereocenters. The maximum atomic E-state index is 13.3. The van der Waals surface area contributed by atoms with Crippen molar-refractivity contribution < 1.29 is 22.7 Å². The lowest BCUT2D eigenvalue weighted by molar-refractivity contribution is -0.123. The molecule has 1 amide bonds. The number of hydrogen-bond donors (Lipinski definition) is 1. The number of hydrogen-bond acceptors (Lipinski definition) is 2. The topological polar surface area (TPSA) is 38.3 Å². The highest BCUT2D eigenvalue weighted by molar-refractivity contribution is 5.77. The maximum Gasteiger partial charge on any atom is 0.258 e. The smallest absolute Gasteiger partial charge is 0.258 e. The van der Waals surface area contributed by atoms with Gasteiger partial charge >= 0.3 is 0 Å². The van der Waals surface area contributed by atoms with Crippen LogP contribution in [-0.4, -0.2) is 12.5 Å². The molecule has 0 aromatic heterocycles. The SMILES string of the molecule is O=C(COc1ccc(F)c(F)c1)NCc1ccccc1F. The van der Waals surface area contributed by atoms with Crippen LogP contribution < -0.4 is 10.1 Å². The number of carbonyl (C=O) groups excluding carboxylic acids is 1. The number of halogens is 3. The van der Waals surface area contributed by atoms with Gasteiger partial charge in [-0.2, -0.15) is 0 Å². The zero-order chi connectivity index (χ0) is 15.2. The number of carbonyl (C=O) groups is 1. The molecule has 2 aromatic rings. The minimum Gasteiger partial charge on any atom is -0.484 e. The van der Waals surface area contributed by atoms with Crippen molar-refractivity contribution in [2.45, 2.75) is 6.54 Å². The van der Waals surface area contributed by atoms with Crippen LogP contribution in [0.2, 0.25) is 0 Å². The number of amides is 1. The summed E-state index contributed by atoms with van der Waals surface area (Å²) in [5.41, 5.74) is 0.346. The van der Waals surface area contributed by atoms with E-state index < -0.39 is 23.4 Å². The Morgan fingerprint density at radius 1 is 1.00 bits per heavy atom. The number of ether oxygens (including phenoxy) is 1. The molecule has 2 aromatic carbocycles. The third kappa shape index (κ3) is 4.24. The molecule has 0 atom stereocenters. The second-order valence-electron chi connectivity index (χ2n) is 4.23. The van der Waals surface area contributed by atoms with Crippen molar-refractivity contribution in [3.63, 3.8) is 0 Å². The summed E-state index contributed by atoms with van der Waals surface area (Å²) in [6.07, 6.45) is 0. The molecule has 0 fully saturated rings. The molecule has 0 radical (unpaired) electrons. The standard InChI is InChI=1S/C15H12F3NO2/c16-12-4-2-1-3-10(12)8-19-15(20)9-21-11-5-6-13(17)14(18)7-11/h1-7H,8-9H2,(H,19,20). The largest absolute Gasteiger partial charge is 0.484 e. The van der Waals surface area contributed by atoms with E-state index in [2.05, 4.69) is 5.32 Å². The Morgan fingerprint density at radius 3 is 2.48 bits per heavy atom. The molecule has 0 saturated heterocycles. The normalized spacial score (nSPS) is 10.2. The van der Waals surface area contributed by atoms with Gasteiger partial charge in [-0.1, -0.05) is 18.2 Å². The summed E-state index contributed by atoms with van der Waals surface area (Å²) in [5.74, 6) is -2.93. The molecule has 3 nitrogen and oxygen atoms in total. The number of benzene rings is 2. The molecule has 21 heavy (non-hydrogen) atoms. The molecule has 6 heteroatoms. The van der Waals surface area contributed by atoms with Crippen LogP contribution in [0, 0.1) is 17.5 Å². The fourth-order valence-corrected chi connectivity index (χ4v) is 1.60. The highest BCUT2D eigenvalue weighted by Gasteiger charge is 2.07. The van der Waals surface area contributed by atoms with Gasteiger partial charge in [-0.25, -0.2) is 13.2 Å². The lowest BCUT2D eigenvalue weighted by Crippen LogP contribution is -2.28. The number of nitrogens with one attached hydrogen (secondary N) is 1. The van der Waals surface area contributed by atoms with E-state index in [1.165, 1.54) is 12.1 Å². The van der Waals surface area contributed by atoms with E-state index in [0.29, 0.717) is 5.56 Å². The quantitative estimate of drug-likeness (QED) is 0.921. The molecule has 0 aliphatic heterocycles. The molecule has 0 heterocycles. The van der Waals surface area contributed by atoms with Crippen LogP contribution in [0.3, 0.4) is 0 Å². The molecule has 0 aliphatic carbocycles. The van der Waals surface area contributed by atoms with Crippen molar-refractivity contribution in [3.8, 4) is 5.75 Å². The van der Waals surface area contributed by atoms with Crippen LogP contribution in [0.1, 0.15) is 5.56 Å². The Labute approximate surface area is 119 Å². The fraction of sp³-hybridized carbons (Fsp3) is 0.133. The Morgan fingerprint density at radius 2 is 1.76 bits per heavy atom. The number of rotatable bonds is 5. The van der Waals surface area contributed by atoms with Gasteiger partial charge < -0.3 is 10.1 Å². The van der Waals surface area contributed by atoms with Crippen molar-refractivity contribution in [1.82, 2.24) is 5.32 Å². The fourth-order valence-electron chi connectivity index (χ4n) is 1.60. The highest BCUT2D eigenvalue weighted by atomic mass is 19.2. The third-order valence-electron chi connectivity index (χ3n) is 2.69. The van der Waals surface area contributed by atoms with E-state index in [0.717, 1.165) is 12.1 Å². The Bertz CT molecular complexity index is 647. The molecule has 0 bridgehead atoms. The first-order chi connectivity index (χ1) is 10.1. The highest BCUT2D eigenvalue weighted by Crippen LogP contribution is 2.15. The predicted octanol–water partition coefficient (Wildman–Crippen LogP) is 2.80. The van der Waals surface area contributed by atoms with E-state index in [4.69, 9.17) is 4.74 Å². The van der Waals surface area contributed by atoms with Gasteiger partial charge in [0.2, 0.25) is 0 Å². The Kier molecular flexibility index (Phi) is 4.81. The van der Waals surface area contributed by atoms with Crippen molar-refractivity contribution >= 4 is 5.91 Å². The third-order valence-corrected chi connectivity index (χ3v) is 2.69. The van der Waals surface area contributed by atoms with Gasteiger partial charge in [0.05, 0.1) is 0 Å². The van der Waals surface area contributed by atoms with Crippen LogP contribution in [0.25, 0.3) is 0 Å². The van der Waals surface area contributed by atoms with E-state index in [9.17, 15) is 18.0 Å². The summed E-state index contributed by atoms with van der Waals surface area (Å²) in [7, 11) is 0. The minimum atomic E-state index is -1.06. The van der Waals surface area contributed by atoms with E-state index in [-0.39, 0.29) is 18.9 Å². The van der Waals surface area contributed by atoms with Crippen molar-refractivity contribution in [2.24, 2.45) is 0 Å². The zero-order valence-electron chi connectivity index (χ0n) is 10.9. The summed E-state index contributed by atoms with van der Waals surface area (Å²) in [4.78, 5) is 11.5. The average Bonchev–Trinajstić information content (AvgIpc) is 2.47. The molecule has 0 aliphatic rings. The monoisotopic (exact) mass is 295 g/mol. The summed E-state index contributed by atoms with van der Waals surface area (Å²) in [6.45, 7) is -0.355. The summed E-state index contributed by atoms with van der Waals surface area (Å²) >= 11 is 0. The summed E-state index contributed by atoms with van der Waals surface area (Å²) in [5, 5.41) is 2.46. The van der Waals surface area contributed by atoms with Gasteiger partial charge in [-0.15, -0.1) is 0 Å². The second-order valence-corrected chi connectivity index (χ2v) is 4.23. The molecule has 110 valence electrons. The first-order valence-electron chi connectivity index (χ1n) is 6.14. The zero-order valence-corrected chi connectivity index (χ0v) is 10.9. The molecular weight excluding hydrogens is 283 g/mol. The van der Waals surface area contributed by atoms with Crippen molar-refractivity contribution in [3.05, 3.63) is 65.5 Å². The predicted molar refractivity (Wildman–Crippen MR) is 70.1 cm³/mol. The molecule has 2 rings (SSSR count). The van der Waals surface area contributed by atoms with Crippen LogP contribution in [0.15, 0.2) is 42.5 Å². The lowest BCUT2D eigenvalue weighted by atomic mass is 10.2. The Hall–Kier alpha value is -2.50. The molecular formula is C15H12F3NO2. The van der Waals surface area contributed by atoms with E-state index in [1.807, 2.05) is 0 Å². The first kappa shape index (κ1) is 14.9. The van der Waals surface area contributed by atoms with Gasteiger partial charge in [-0.05, 0) is 18.2 Å².